The quantitative estimate of drug-likeness (QED) is 0.404. The Balaban J connectivity index is 1.40. The molecule has 1 aromatic carbocycles. The lowest BCUT2D eigenvalue weighted by atomic mass is 9.61. The van der Waals surface area contributed by atoms with Crippen LogP contribution in [0.15, 0.2) is 65.3 Å². The molecule has 0 spiro atoms. The molecule has 3 aromatic rings. The van der Waals surface area contributed by atoms with E-state index in [4.69, 9.17) is 0 Å². The summed E-state index contributed by atoms with van der Waals surface area (Å²) in [4.78, 5) is 23.7. The van der Waals surface area contributed by atoms with Gasteiger partial charge in [0.1, 0.15) is 23.5 Å². The number of aliphatic carboxylic acids is 1. The Morgan fingerprint density at radius 3 is 2.59 bits per heavy atom. The molecule has 37 heavy (non-hydrogen) atoms. The number of hydrogen-bond acceptors (Lipinski definition) is 5. The van der Waals surface area contributed by atoms with Gasteiger partial charge in [0.05, 0.1) is 12.1 Å². The van der Waals surface area contributed by atoms with Gasteiger partial charge in [0.15, 0.2) is 11.5 Å². The van der Waals surface area contributed by atoms with Crippen molar-refractivity contribution in [3.05, 3.63) is 77.3 Å². The van der Waals surface area contributed by atoms with Crippen LogP contribution in [0.1, 0.15) is 36.8 Å². The SMILES string of the molecule is O=C(O)C1C2CCC(CC2)C1NC1NC(c2c[nH]c3ncc(F)cc23)=NC(C#Cc2ccccc2)=C1F. The highest BCUT2D eigenvalue weighted by Gasteiger charge is 2.48. The second-order valence-corrected chi connectivity index (χ2v) is 9.83. The van der Waals surface area contributed by atoms with Gasteiger partial charge in [-0.3, -0.25) is 10.1 Å². The Bertz CT molecular complexity index is 1480. The van der Waals surface area contributed by atoms with Gasteiger partial charge in [-0.05, 0) is 61.6 Å². The van der Waals surface area contributed by atoms with E-state index < -0.39 is 35.7 Å². The number of H-pyrrole nitrogens is 1. The molecule has 3 unspecified atom stereocenters. The van der Waals surface area contributed by atoms with Crippen LogP contribution in [0, 0.1) is 35.4 Å². The minimum Gasteiger partial charge on any atom is -0.481 e. The molecule has 1 aliphatic heterocycles. The molecule has 3 saturated carbocycles. The van der Waals surface area contributed by atoms with Gasteiger partial charge >= 0.3 is 5.97 Å². The molecule has 2 bridgehead atoms. The molecule has 0 radical (unpaired) electrons. The fourth-order valence-corrected chi connectivity index (χ4v) is 5.94. The monoisotopic (exact) mass is 501 g/mol. The lowest BCUT2D eigenvalue weighted by Crippen LogP contribution is -2.61. The van der Waals surface area contributed by atoms with E-state index in [9.17, 15) is 14.3 Å². The van der Waals surface area contributed by atoms with Crippen LogP contribution in [0.4, 0.5) is 8.78 Å². The minimum atomic E-state index is -1.04. The van der Waals surface area contributed by atoms with Crippen LogP contribution >= 0.6 is 0 Å². The van der Waals surface area contributed by atoms with E-state index in [-0.39, 0.29) is 17.5 Å². The molecule has 188 valence electrons. The second kappa shape index (κ2) is 9.45. The molecule has 3 heterocycles. The smallest absolute Gasteiger partial charge is 0.308 e. The van der Waals surface area contributed by atoms with E-state index in [2.05, 4.69) is 37.4 Å². The number of nitrogens with one attached hydrogen (secondary N) is 3. The summed E-state index contributed by atoms with van der Waals surface area (Å²) in [6.07, 6.45) is 5.30. The maximum absolute atomic E-state index is 15.9. The normalized spacial score (nSPS) is 26.9. The highest BCUT2D eigenvalue weighted by Crippen LogP contribution is 2.45. The predicted molar refractivity (Wildman–Crippen MR) is 134 cm³/mol. The average Bonchev–Trinajstić information content (AvgIpc) is 3.33. The summed E-state index contributed by atoms with van der Waals surface area (Å²) in [6.45, 7) is 0. The summed E-state index contributed by atoms with van der Waals surface area (Å²) < 4.78 is 29.9. The molecule has 3 atom stereocenters. The molecular weight excluding hydrogens is 476 g/mol. The van der Waals surface area contributed by atoms with Gasteiger partial charge in [0.2, 0.25) is 0 Å². The van der Waals surface area contributed by atoms with Crippen molar-refractivity contribution in [3.63, 3.8) is 0 Å². The Labute approximate surface area is 212 Å². The zero-order valence-corrected chi connectivity index (χ0v) is 19.8. The maximum atomic E-state index is 15.9. The number of fused-ring (bicyclic) bond motifs is 4. The minimum absolute atomic E-state index is 0.0679. The Morgan fingerprint density at radius 1 is 1.08 bits per heavy atom. The first kappa shape index (κ1) is 23.4. The lowest BCUT2D eigenvalue weighted by Gasteiger charge is -2.48. The average molecular weight is 502 g/mol. The van der Waals surface area contributed by atoms with Crippen molar-refractivity contribution in [1.29, 1.82) is 0 Å². The molecule has 4 aliphatic rings. The van der Waals surface area contributed by atoms with Crippen LogP contribution < -0.4 is 10.6 Å². The number of nitrogens with zero attached hydrogens (tertiary/aromatic N) is 2. The van der Waals surface area contributed by atoms with E-state index in [1.54, 1.807) is 6.20 Å². The van der Waals surface area contributed by atoms with E-state index in [1.165, 1.54) is 6.07 Å². The number of pyridine rings is 1. The highest BCUT2D eigenvalue weighted by molar-refractivity contribution is 6.10. The van der Waals surface area contributed by atoms with Crippen molar-refractivity contribution >= 4 is 22.8 Å². The predicted octanol–water partition coefficient (Wildman–Crippen LogP) is 4.09. The van der Waals surface area contributed by atoms with Gasteiger partial charge in [-0.2, -0.15) is 0 Å². The highest BCUT2D eigenvalue weighted by atomic mass is 19.1. The van der Waals surface area contributed by atoms with E-state index in [0.717, 1.165) is 31.9 Å². The Morgan fingerprint density at radius 2 is 1.84 bits per heavy atom. The molecule has 0 amide bonds. The van der Waals surface area contributed by atoms with Crippen molar-refractivity contribution in [2.45, 2.75) is 37.9 Å². The van der Waals surface area contributed by atoms with E-state index in [0.29, 0.717) is 28.0 Å². The molecule has 3 aliphatic carbocycles. The van der Waals surface area contributed by atoms with Crippen LogP contribution in [-0.2, 0) is 4.79 Å². The van der Waals surface area contributed by atoms with Gasteiger partial charge in [0, 0.05) is 28.8 Å². The molecular formula is C28H25F2N5O2. The van der Waals surface area contributed by atoms with Crippen LogP contribution in [0.5, 0.6) is 0 Å². The lowest BCUT2D eigenvalue weighted by molar-refractivity contribution is -0.150. The van der Waals surface area contributed by atoms with Crippen LogP contribution in [0.3, 0.4) is 0 Å². The first-order chi connectivity index (χ1) is 18.0. The molecule has 7 rings (SSSR count). The summed E-state index contributed by atoms with van der Waals surface area (Å²) >= 11 is 0. The molecule has 7 nitrogen and oxygen atoms in total. The number of carbonyl (C=O) groups is 1. The molecule has 9 heteroatoms. The maximum Gasteiger partial charge on any atom is 0.308 e. The van der Waals surface area contributed by atoms with Crippen molar-refractivity contribution in [1.82, 2.24) is 20.6 Å². The second-order valence-electron chi connectivity index (χ2n) is 9.83. The number of aliphatic imine (C=N–C) groups is 1. The van der Waals surface area contributed by atoms with Crippen LogP contribution in [0.2, 0.25) is 0 Å². The molecule has 3 fully saturated rings. The van der Waals surface area contributed by atoms with Gasteiger partial charge in [-0.1, -0.05) is 24.1 Å². The van der Waals surface area contributed by atoms with E-state index >= 15 is 4.39 Å². The number of allylic oxidation sites excluding steroid dienone is 1. The zero-order chi connectivity index (χ0) is 25.5. The summed E-state index contributed by atoms with van der Waals surface area (Å²) in [5.74, 6) is 3.75. The fraction of sp³-hybridized carbons (Fsp3) is 0.321. The number of aromatic nitrogens is 2. The topological polar surface area (TPSA) is 102 Å². The summed E-state index contributed by atoms with van der Waals surface area (Å²) in [5, 5.41) is 16.8. The number of carboxylic acid groups (broad SMARTS) is 1. The Kier molecular flexibility index (Phi) is 5.97. The Hall–Kier alpha value is -4.03. The van der Waals surface area contributed by atoms with Crippen molar-refractivity contribution in [3.8, 4) is 11.8 Å². The number of aromatic amines is 1. The summed E-state index contributed by atoms with van der Waals surface area (Å²) in [5.41, 5.74) is 1.62. The van der Waals surface area contributed by atoms with E-state index in [1.807, 2.05) is 30.3 Å². The first-order valence-electron chi connectivity index (χ1n) is 12.4. The van der Waals surface area contributed by atoms with Crippen molar-refractivity contribution in [2.75, 3.05) is 0 Å². The van der Waals surface area contributed by atoms with Crippen molar-refractivity contribution in [2.24, 2.45) is 22.7 Å². The third kappa shape index (κ3) is 4.38. The van der Waals surface area contributed by atoms with Gasteiger partial charge < -0.3 is 15.4 Å². The molecule has 4 N–H and O–H groups in total. The van der Waals surface area contributed by atoms with Crippen molar-refractivity contribution < 1.29 is 18.7 Å². The van der Waals surface area contributed by atoms with Gasteiger partial charge in [0.25, 0.3) is 0 Å². The summed E-state index contributed by atoms with van der Waals surface area (Å²) in [7, 11) is 0. The number of rotatable bonds is 4. The largest absolute Gasteiger partial charge is 0.481 e. The van der Waals surface area contributed by atoms with Gasteiger partial charge in [-0.25, -0.2) is 18.8 Å². The first-order valence-corrected chi connectivity index (χ1v) is 12.4. The number of amidine groups is 1. The number of benzene rings is 1. The number of carboxylic acids is 1. The fourth-order valence-electron chi connectivity index (χ4n) is 5.94. The number of halogens is 2. The zero-order valence-electron chi connectivity index (χ0n) is 19.8. The third-order valence-electron chi connectivity index (χ3n) is 7.70. The number of hydrogen-bond donors (Lipinski definition) is 4. The third-order valence-corrected chi connectivity index (χ3v) is 7.70. The summed E-state index contributed by atoms with van der Waals surface area (Å²) in [6, 6.07) is 10.1. The standard InChI is InChI=1S/C28H25F2N5O2/c29-18-12-19-20(14-32-25(19)31-13-18)26-33-21(11-6-15-4-2-1-3-5-15)23(30)27(35-26)34-24-17-9-7-16(8-10-17)22(24)28(36)37/h1-5,12-14,16-17,22,24,27,34H,7-10H2,(H,31,32)(H,33,35)(H,36,37). The van der Waals surface area contributed by atoms with Crippen LogP contribution in [0.25, 0.3) is 11.0 Å². The molecule has 0 saturated heterocycles. The molecule has 2 aromatic heterocycles. The van der Waals surface area contributed by atoms with Gasteiger partial charge in [-0.15, -0.1) is 0 Å². The van der Waals surface area contributed by atoms with Crippen LogP contribution in [-0.4, -0.2) is 39.1 Å².